The summed E-state index contributed by atoms with van der Waals surface area (Å²) in [5.74, 6) is 0.786. The minimum Gasteiger partial charge on any atom is -0.484 e. The highest BCUT2D eigenvalue weighted by molar-refractivity contribution is 5.97. The number of amides is 1. The maximum absolute atomic E-state index is 12.2. The van der Waals surface area contributed by atoms with Gasteiger partial charge in [-0.3, -0.25) is 9.78 Å². The average Bonchev–Trinajstić information content (AvgIpc) is 3.21. The molecular formula is C21H20N2O2. The van der Waals surface area contributed by atoms with Crippen LogP contribution in [-0.4, -0.2) is 35.5 Å². The number of carbonyl (C=O) groups excluding carboxylic acids is 1. The number of aromatic nitrogens is 1. The zero-order valence-electron chi connectivity index (χ0n) is 14.0. The molecule has 1 aromatic heterocycles. The highest BCUT2D eigenvalue weighted by atomic mass is 16.5. The Labute approximate surface area is 147 Å². The molecule has 0 unspecified atom stereocenters. The number of benzene rings is 2. The molecule has 1 aliphatic heterocycles. The second kappa shape index (κ2) is 6.93. The smallest absolute Gasteiger partial charge is 0.260 e. The lowest BCUT2D eigenvalue weighted by Crippen LogP contribution is -2.32. The fourth-order valence-electron chi connectivity index (χ4n) is 3.34. The van der Waals surface area contributed by atoms with Gasteiger partial charge in [-0.15, -0.1) is 0 Å². The van der Waals surface area contributed by atoms with Crippen molar-refractivity contribution in [2.24, 2.45) is 0 Å². The third-order valence-electron chi connectivity index (χ3n) is 4.65. The highest BCUT2D eigenvalue weighted by Crippen LogP contribution is 2.32. The summed E-state index contributed by atoms with van der Waals surface area (Å²) in [7, 11) is 0. The zero-order valence-corrected chi connectivity index (χ0v) is 14.0. The van der Waals surface area contributed by atoms with Crippen LogP contribution in [0.5, 0.6) is 5.75 Å². The molecule has 0 atom stereocenters. The number of nitrogens with zero attached hydrogens (tertiary/aromatic N) is 2. The molecular weight excluding hydrogens is 312 g/mol. The molecule has 0 bridgehead atoms. The van der Waals surface area contributed by atoms with E-state index < -0.39 is 0 Å². The summed E-state index contributed by atoms with van der Waals surface area (Å²) in [6.07, 6.45) is 5.75. The molecule has 0 spiro atoms. The first-order chi connectivity index (χ1) is 12.3. The molecule has 1 amide bonds. The number of rotatable bonds is 4. The lowest BCUT2D eigenvalue weighted by molar-refractivity contribution is -0.132. The SMILES string of the molecule is O=C(COc1cc(-c2ccncc2)c2ccccc2c1)N1CCCC1. The Balaban J connectivity index is 1.64. The van der Waals surface area contributed by atoms with E-state index in [1.807, 2.05) is 41.3 Å². The van der Waals surface area contributed by atoms with Crippen molar-refractivity contribution in [3.8, 4) is 16.9 Å². The maximum atomic E-state index is 12.2. The van der Waals surface area contributed by atoms with Crippen LogP contribution in [0.1, 0.15) is 12.8 Å². The largest absolute Gasteiger partial charge is 0.484 e. The fourth-order valence-corrected chi connectivity index (χ4v) is 3.34. The summed E-state index contributed by atoms with van der Waals surface area (Å²) in [6, 6.07) is 16.2. The summed E-state index contributed by atoms with van der Waals surface area (Å²) in [5, 5.41) is 2.26. The quantitative estimate of drug-likeness (QED) is 0.727. The molecule has 1 saturated heterocycles. The predicted molar refractivity (Wildman–Crippen MR) is 98.5 cm³/mol. The molecule has 3 aromatic rings. The summed E-state index contributed by atoms with van der Waals surface area (Å²) in [5.41, 5.74) is 2.17. The van der Waals surface area contributed by atoms with E-state index >= 15 is 0 Å². The van der Waals surface area contributed by atoms with Crippen LogP contribution in [0.2, 0.25) is 0 Å². The van der Waals surface area contributed by atoms with Gasteiger partial charge in [-0.25, -0.2) is 0 Å². The molecule has 1 aliphatic rings. The van der Waals surface area contributed by atoms with Gasteiger partial charge in [0.2, 0.25) is 0 Å². The van der Waals surface area contributed by atoms with Crippen LogP contribution in [0, 0.1) is 0 Å². The zero-order chi connectivity index (χ0) is 17.1. The molecule has 4 rings (SSSR count). The number of likely N-dealkylation sites (tertiary alicyclic amines) is 1. The molecule has 25 heavy (non-hydrogen) atoms. The van der Waals surface area contributed by atoms with Gasteiger partial charge in [0.05, 0.1) is 0 Å². The lowest BCUT2D eigenvalue weighted by atomic mass is 9.98. The maximum Gasteiger partial charge on any atom is 0.260 e. The van der Waals surface area contributed by atoms with E-state index in [1.54, 1.807) is 12.4 Å². The van der Waals surface area contributed by atoms with Gasteiger partial charge in [-0.2, -0.15) is 0 Å². The third-order valence-corrected chi connectivity index (χ3v) is 4.65. The molecule has 0 radical (unpaired) electrons. The fraction of sp³-hybridized carbons (Fsp3) is 0.238. The minimum atomic E-state index is 0.0659. The van der Waals surface area contributed by atoms with Gasteiger partial charge in [-0.05, 0) is 59.0 Å². The Morgan fingerprint density at radius 3 is 2.60 bits per heavy atom. The molecule has 2 heterocycles. The van der Waals surface area contributed by atoms with Gasteiger partial charge >= 0.3 is 0 Å². The molecule has 0 aliphatic carbocycles. The van der Waals surface area contributed by atoms with Gasteiger partial charge in [0.25, 0.3) is 5.91 Å². The van der Waals surface area contributed by atoms with E-state index in [1.165, 1.54) is 0 Å². The van der Waals surface area contributed by atoms with Crippen LogP contribution in [-0.2, 0) is 4.79 Å². The van der Waals surface area contributed by atoms with Crippen molar-refractivity contribution < 1.29 is 9.53 Å². The van der Waals surface area contributed by atoms with Crippen LogP contribution in [0.15, 0.2) is 60.9 Å². The van der Waals surface area contributed by atoms with Crippen LogP contribution in [0.3, 0.4) is 0 Å². The van der Waals surface area contributed by atoms with Crippen molar-refractivity contribution in [3.63, 3.8) is 0 Å². The van der Waals surface area contributed by atoms with Gasteiger partial charge < -0.3 is 9.64 Å². The summed E-state index contributed by atoms with van der Waals surface area (Å²) >= 11 is 0. The third kappa shape index (κ3) is 3.33. The van der Waals surface area contributed by atoms with Crippen molar-refractivity contribution in [2.45, 2.75) is 12.8 Å². The molecule has 126 valence electrons. The van der Waals surface area contributed by atoms with Gasteiger partial charge in [0.15, 0.2) is 6.61 Å². The number of ether oxygens (including phenoxy) is 1. The lowest BCUT2D eigenvalue weighted by Gasteiger charge is -2.16. The van der Waals surface area contributed by atoms with Gasteiger partial charge in [0.1, 0.15) is 5.75 Å². The topological polar surface area (TPSA) is 42.4 Å². The molecule has 4 heteroatoms. The van der Waals surface area contributed by atoms with E-state index in [-0.39, 0.29) is 12.5 Å². The second-order valence-electron chi connectivity index (χ2n) is 6.30. The van der Waals surface area contributed by atoms with Crippen LogP contribution in [0.25, 0.3) is 21.9 Å². The molecule has 0 saturated carbocycles. The monoisotopic (exact) mass is 332 g/mol. The number of pyridine rings is 1. The first kappa shape index (κ1) is 15.6. The number of carbonyl (C=O) groups is 1. The van der Waals surface area contributed by atoms with Gasteiger partial charge in [-0.1, -0.05) is 24.3 Å². The molecule has 1 fully saturated rings. The number of fused-ring (bicyclic) bond motifs is 1. The molecule has 2 aromatic carbocycles. The standard InChI is InChI=1S/C21H20N2O2/c24-21(23-11-3-4-12-23)15-25-18-13-17-5-1-2-6-19(17)20(14-18)16-7-9-22-10-8-16/h1-2,5-10,13-14H,3-4,11-12,15H2. The average molecular weight is 332 g/mol. The Kier molecular flexibility index (Phi) is 4.34. The van der Waals surface area contributed by atoms with Crippen molar-refractivity contribution in [1.29, 1.82) is 0 Å². The van der Waals surface area contributed by atoms with Crippen LogP contribution >= 0.6 is 0 Å². The number of hydrogen-bond acceptors (Lipinski definition) is 3. The van der Waals surface area contributed by atoms with E-state index in [0.29, 0.717) is 0 Å². The van der Waals surface area contributed by atoms with Crippen LogP contribution < -0.4 is 4.74 Å². The van der Waals surface area contributed by atoms with E-state index in [4.69, 9.17) is 4.74 Å². The first-order valence-corrected chi connectivity index (χ1v) is 8.65. The van der Waals surface area contributed by atoms with Crippen molar-refractivity contribution in [2.75, 3.05) is 19.7 Å². The summed E-state index contributed by atoms with van der Waals surface area (Å²) < 4.78 is 5.84. The van der Waals surface area contributed by atoms with E-state index in [2.05, 4.69) is 17.1 Å². The summed E-state index contributed by atoms with van der Waals surface area (Å²) in [6.45, 7) is 1.79. The van der Waals surface area contributed by atoms with E-state index in [0.717, 1.165) is 53.6 Å². The van der Waals surface area contributed by atoms with Crippen LogP contribution in [0.4, 0.5) is 0 Å². The summed E-state index contributed by atoms with van der Waals surface area (Å²) in [4.78, 5) is 18.2. The Morgan fingerprint density at radius 1 is 1.04 bits per heavy atom. The second-order valence-corrected chi connectivity index (χ2v) is 6.30. The van der Waals surface area contributed by atoms with Crippen molar-refractivity contribution >= 4 is 16.7 Å². The van der Waals surface area contributed by atoms with Gasteiger partial charge in [0, 0.05) is 25.5 Å². The molecule has 4 nitrogen and oxygen atoms in total. The minimum absolute atomic E-state index is 0.0659. The first-order valence-electron chi connectivity index (χ1n) is 8.65. The van der Waals surface area contributed by atoms with Crippen molar-refractivity contribution in [3.05, 3.63) is 60.9 Å². The normalized spacial score (nSPS) is 14.0. The van der Waals surface area contributed by atoms with Crippen molar-refractivity contribution in [1.82, 2.24) is 9.88 Å². The van der Waals surface area contributed by atoms with E-state index in [9.17, 15) is 4.79 Å². The highest BCUT2D eigenvalue weighted by Gasteiger charge is 2.18. The molecule has 0 N–H and O–H groups in total. The Bertz CT molecular complexity index is 887. The Hall–Kier alpha value is -2.88. The Morgan fingerprint density at radius 2 is 1.80 bits per heavy atom. The number of hydrogen-bond donors (Lipinski definition) is 0. The predicted octanol–water partition coefficient (Wildman–Crippen LogP) is 3.90.